The zero-order valence-electron chi connectivity index (χ0n) is 11.8. The summed E-state index contributed by atoms with van der Waals surface area (Å²) in [5.41, 5.74) is 0.296. The van der Waals surface area contributed by atoms with Crippen LogP contribution in [-0.2, 0) is 11.3 Å². The van der Waals surface area contributed by atoms with E-state index in [1.807, 2.05) is 0 Å². The molecule has 0 saturated carbocycles. The number of nitrogens with one attached hydrogen (secondary N) is 1. The topological polar surface area (TPSA) is 64.0 Å². The lowest BCUT2D eigenvalue weighted by Crippen LogP contribution is -2.28. The molecule has 0 unspecified atom stereocenters. The summed E-state index contributed by atoms with van der Waals surface area (Å²) in [6.45, 7) is -0.218. The van der Waals surface area contributed by atoms with Gasteiger partial charge >= 0.3 is 0 Å². The van der Waals surface area contributed by atoms with Gasteiger partial charge in [0.15, 0.2) is 0 Å². The monoisotopic (exact) mass is 331 g/mol. The van der Waals surface area contributed by atoms with Gasteiger partial charge in [0.25, 0.3) is 5.56 Å². The first-order valence-corrected chi connectivity index (χ1v) is 7.11. The van der Waals surface area contributed by atoms with Crippen molar-refractivity contribution < 1.29 is 9.18 Å². The third-order valence-corrected chi connectivity index (χ3v) is 3.58. The number of hydrogen-bond acceptors (Lipinski definition) is 3. The Morgan fingerprint density at radius 3 is 2.83 bits per heavy atom. The Morgan fingerprint density at radius 1 is 1.26 bits per heavy atom. The zero-order valence-corrected chi connectivity index (χ0v) is 12.5. The van der Waals surface area contributed by atoms with Crippen molar-refractivity contribution in [3.63, 3.8) is 0 Å². The Labute approximate surface area is 135 Å². The van der Waals surface area contributed by atoms with Crippen LogP contribution in [0.5, 0.6) is 0 Å². The number of nitrogens with zero attached hydrogens (tertiary/aromatic N) is 2. The molecule has 0 bridgehead atoms. The van der Waals surface area contributed by atoms with Gasteiger partial charge in [-0.15, -0.1) is 0 Å². The summed E-state index contributed by atoms with van der Waals surface area (Å²) in [5, 5.41) is 3.28. The highest BCUT2D eigenvalue weighted by molar-refractivity contribution is 6.33. The minimum Gasteiger partial charge on any atom is -0.323 e. The fourth-order valence-corrected chi connectivity index (χ4v) is 2.33. The van der Waals surface area contributed by atoms with E-state index < -0.39 is 17.3 Å². The van der Waals surface area contributed by atoms with E-state index in [-0.39, 0.29) is 17.4 Å². The first-order chi connectivity index (χ1) is 11.0. The largest absolute Gasteiger partial charge is 0.323 e. The molecule has 0 aliphatic heterocycles. The number of carbonyl (C=O) groups excluding carboxylic acids is 1. The van der Waals surface area contributed by atoms with Gasteiger partial charge in [0.05, 0.1) is 27.9 Å². The van der Waals surface area contributed by atoms with Gasteiger partial charge < -0.3 is 5.32 Å². The van der Waals surface area contributed by atoms with Gasteiger partial charge in [-0.3, -0.25) is 14.2 Å². The van der Waals surface area contributed by atoms with Crippen molar-refractivity contribution in [2.24, 2.45) is 0 Å². The molecule has 0 radical (unpaired) electrons. The van der Waals surface area contributed by atoms with Crippen molar-refractivity contribution in [1.29, 1.82) is 0 Å². The van der Waals surface area contributed by atoms with Crippen LogP contribution < -0.4 is 10.9 Å². The summed E-state index contributed by atoms with van der Waals surface area (Å²) in [5.74, 6) is -0.887. The van der Waals surface area contributed by atoms with Crippen LogP contribution in [0.4, 0.5) is 10.1 Å². The smallest absolute Gasteiger partial charge is 0.261 e. The maximum atomic E-state index is 13.1. The number of hydrogen-bond donors (Lipinski definition) is 1. The highest BCUT2D eigenvalue weighted by atomic mass is 35.5. The molecule has 3 aromatic rings. The molecule has 0 aliphatic rings. The molecular formula is C16H11ClFN3O2. The van der Waals surface area contributed by atoms with E-state index in [0.717, 1.165) is 4.57 Å². The third kappa shape index (κ3) is 3.22. The average molecular weight is 332 g/mol. The van der Waals surface area contributed by atoms with Crippen molar-refractivity contribution in [2.45, 2.75) is 6.54 Å². The summed E-state index contributed by atoms with van der Waals surface area (Å²) in [7, 11) is 0. The van der Waals surface area contributed by atoms with Crippen LogP contribution in [0.2, 0.25) is 5.02 Å². The molecule has 7 heteroatoms. The predicted molar refractivity (Wildman–Crippen MR) is 86.0 cm³/mol. The summed E-state index contributed by atoms with van der Waals surface area (Å²) < 4.78 is 14.3. The average Bonchev–Trinajstić information content (AvgIpc) is 2.52. The minimum absolute atomic E-state index is 0.218. The number of fused-ring (bicyclic) bond motifs is 1. The number of para-hydroxylation sites is 1. The van der Waals surface area contributed by atoms with Crippen LogP contribution in [0.1, 0.15) is 0 Å². The Kier molecular flexibility index (Phi) is 4.08. The molecule has 0 spiro atoms. The van der Waals surface area contributed by atoms with E-state index in [2.05, 4.69) is 10.3 Å². The van der Waals surface area contributed by atoms with Crippen LogP contribution in [0.3, 0.4) is 0 Å². The predicted octanol–water partition coefficient (Wildman–Crippen LogP) is 2.83. The van der Waals surface area contributed by atoms with Crippen molar-refractivity contribution in [3.8, 4) is 0 Å². The van der Waals surface area contributed by atoms with Gasteiger partial charge in [-0.05, 0) is 24.3 Å². The van der Waals surface area contributed by atoms with E-state index in [0.29, 0.717) is 10.7 Å². The fraction of sp³-hybridized carbons (Fsp3) is 0.0625. The lowest BCUT2D eigenvalue weighted by molar-refractivity contribution is -0.116. The molecule has 0 atom stereocenters. The Hall–Kier alpha value is -2.73. The molecular weight excluding hydrogens is 321 g/mol. The molecule has 116 valence electrons. The number of rotatable bonds is 3. The summed E-state index contributed by atoms with van der Waals surface area (Å²) in [4.78, 5) is 28.3. The van der Waals surface area contributed by atoms with Crippen molar-refractivity contribution in [3.05, 3.63) is 70.0 Å². The highest BCUT2D eigenvalue weighted by Gasteiger charge is 2.10. The Morgan fingerprint density at radius 2 is 2.04 bits per heavy atom. The van der Waals surface area contributed by atoms with Crippen molar-refractivity contribution >= 4 is 34.1 Å². The standard InChI is InChI=1S/C16H11ClFN3O2/c17-12-3-1-2-4-13(12)20-15(22)8-21-9-19-14-7-10(18)5-6-11(14)16(21)23/h1-7,9H,8H2,(H,20,22). The molecule has 3 rings (SSSR count). The maximum absolute atomic E-state index is 13.1. The number of carbonyl (C=O) groups is 1. The molecule has 0 fully saturated rings. The van der Waals surface area contributed by atoms with Gasteiger partial charge in [0, 0.05) is 6.07 Å². The first-order valence-electron chi connectivity index (χ1n) is 6.73. The SMILES string of the molecule is O=C(Cn1cnc2cc(F)ccc2c1=O)Nc1ccccc1Cl. The first kappa shape index (κ1) is 15.2. The van der Waals surface area contributed by atoms with Gasteiger partial charge in [0.2, 0.25) is 5.91 Å². The quantitative estimate of drug-likeness (QED) is 0.802. The molecule has 0 saturated heterocycles. The van der Waals surface area contributed by atoms with Gasteiger partial charge in [-0.2, -0.15) is 0 Å². The van der Waals surface area contributed by atoms with Crippen molar-refractivity contribution in [2.75, 3.05) is 5.32 Å². The summed E-state index contributed by atoms with van der Waals surface area (Å²) in [6, 6.07) is 10.5. The molecule has 5 nitrogen and oxygen atoms in total. The molecule has 0 aliphatic carbocycles. The highest BCUT2D eigenvalue weighted by Crippen LogP contribution is 2.20. The van der Waals surface area contributed by atoms with Gasteiger partial charge in [-0.25, -0.2) is 9.37 Å². The van der Waals surface area contributed by atoms with E-state index in [1.165, 1.54) is 24.5 Å². The maximum Gasteiger partial charge on any atom is 0.261 e. The summed E-state index contributed by atoms with van der Waals surface area (Å²) >= 11 is 5.96. The van der Waals surface area contributed by atoms with Crippen LogP contribution in [0.25, 0.3) is 10.9 Å². The van der Waals surface area contributed by atoms with E-state index in [9.17, 15) is 14.0 Å². The molecule has 23 heavy (non-hydrogen) atoms. The fourth-order valence-electron chi connectivity index (χ4n) is 2.15. The molecule has 1 N–H and O–H groups in total. The van der Waals surface area contributed by atoms with Crippen LogP contribution >= 0.6 is 11.6 Å². The zero-order chi connectivity index (χ0) is 16.4. The van der Waals surface area contributed by atoms with Gasteiger partial charge in [0.1, 0.15) is 12.4 Å². The van der Waals surface area contributed by atoms with E-state index in [4.69, 9.17) is 11.6 Å². The molecule has 2 aromatic carbocycles. The van der Waals surface area contributed by atoms with Crippen LogP contribution in [0, 0.1) is 5.82 Å². The molecule has 1 heterocycles. The Balaban J connectivity index is 1.85. The number of anilines is 1. The second-order valence-electron chi connectivity index (χ2n) is 4.87. The molecule has 1 aromatic heterocycles. The lowest BCUT2D eigenvalue weighted by atomic mass is 10.2. The van der Waals surface area contributed by atoms with E-state index >= 15 is 0 Å². The second-order valence-corrected chi connectivity index (χ2v) is 5.27. The molecule has 1 amide bonds. The van der Waals surface area contributed by atoms with Crippen molar-refractivity contribution in [1.82, 2.24) is 9.55 Å². The van der Waals surface area contributed by atoms with Crippen LogP contribution in [-0.4, -0.2) is 15.5 Å². The van der Waals surface area contributed by atoms with E-state index in [1.54, 1.807) is 24.3 Å². The summed E-state index contributed by atoms with van der Waals surface area (Å²) in [6.07, 6.45) is 1.22. The van der Waals surface area contributed by atoms with Gasteiger partial charge in [-0.1, -0.05) is 23.7 Å². The second kappa shape index (κ2) is 6.18. The minimum atomic E-state index is -0.474. The number of amides is 1. The Bertz CT molecular complexity index is 955. The number of benzene rings is 2. The third-order valence-electron chi connectivity index (χ3n) is 3.25. The number of halogens is 2. The normalized spacial score (nSPS) is 10.7. The lowest BCUT2D eigenvalue weighted by Gasteiger charge is -2.09. The number of aromatic nitrogens is 2. The van der Waals surface area contributed by atoms with Crippen LogP contribution in [0.15, 0.2) is 53.6 Å².